The predicted octanol–water partition coefficient (Wildman–Crippen LogP) is 2.54. The smallest absolute Gasteiger partial charge is 0.328 e. The molecule has 0 bridgehead atoms. The Morgan fingerprint density at radius 3 is 2.95 bits per heavy atom. The van der Waals surface area contributed by atoms with Crippen LogP contribution in [0.4, 0.5) is 0 Å². The molecule has 2 atom stereocenters. The first-order chi connectivity index (χ1) is 9.52. The minimum absolute atomic E-state index is 0.0246. The van der Waals surface area contributed by atoms with Crippen molar-refractivity contribution in [1.29, 1.82) is 0 Å². The van der Waals surface area contributed by atoms with Gasteiger partial charge < -0.3 is 9.64 Å². The number of carbonyl (C=O) groups is 2. The van der Waals surface area contributed by atoms with Crippen LogP contribution in [0.15, 0.2) is 28.7 Å². The van der Waals surface area contributed by atoms with Crippen molar-refractivity contribution in [3.63, 3.8) is 0 Å². The van der Waals surface area contributed by atoms with Crippen molar-refractivity contribution in [2.45, 2.75) is 38.3 Å². The van der Waals surface area contributed by atoms with Gasteiger partial charge in [-0.2, -0.15) is 0 Å². The van der Waals surface area contributed by atoms with E-state index in [1.807, 2.05) is 31.2 Å². The second kappa shape index (κ2) is 6.39. The highest BCUT2D eigenvalue weighted by Crippen LogP contribution is 2.25. The summed E-state index contributed by atoms with van der Waals surface area (Å²) in [6.07, 6.45) is 1.69. The highest BCUT2D eigenvalue weighted by atomic mass is 79.9. The molecule has 5 heteroatoms. The summed E-state index contributed by atoms with van der Waals surface area (Å²) in [4.78, 5) is 25.4. The topological polar surface area (TPSA) is 46.6 Å². The van der Waals surface area contributed by atoms with Gasteiger partial charge in [0.05, 0.1) is 7.11 Å². The minimum atomic E-state index is -0.436. The number of rotatable bonds is 4. The largest absolute Gasteiger partial charge is 0.467 e. The van der Waals surface area contributed by atoms with E-state index < -0.39 is 6.04 Å². The minimum Gasteiger partial charge on any atom is -0.467 e. The molecule has 1 amide bonds. The second-order valence-corrected chi connectivity index (χ2v) is 5.98. The fourth-order valence-electron chi connectivity index (χ4n) is 2.73. The van der Waals surface area contributed by atoms with Gasteiger partial charge in [-0.15, -0.1) is 0 Å². The number of halogens is 1. The van der Waals surface area contributed by atoms with E-state index in [0.717, 1.165) is 16.5 Å². The van der Waals surface area contributed by atoms with Crippen LogP contribution in [0.3, 0.4) is 0 Å². The van der Waals surface area contributed by atoms with Crippen LogP contribution >= 0.6 is 15.9 Å². The molecule has 0 aliphatic carbocycles. The first-order valence-corrected chi connectivity index (χ1v) is 7.45. The third-order valence-electron chi connectivity index (χ3n) is 3.62. The van der Waals surface area contributed by atoms with Crippen LogP contribution in [-0.4, -0.2) is 36.0 Å². The molecule has 0 saturated carbocycles. The lowest BCUT2D eigenvalue weighted by Gasteiger charge is -2.29. The molecule has 2 unspecified atom stereocenters. The SMILES string of the molecule is COC(=O)C1CCC(=O)N1C(C)Cc1cccc(Br)c1. The molecule has 1 aliphatic rings. The van der Waals surface area contributed by atoms with Crippen LogP contribution in [0.1, 0.15) is 25.3 Å². The molecule has 1 aromatic rings. The van der Waals surface area contributed by atoms with Gasteiger partial charge in [-0.05, 0) is 37.5 Å². The lowest BCUT2D eigenvalue weighted by Crippen LogP contribution is -2.45. The number of benzene rings is 1. The highest BCUT2D eigenvalue weighted by molar-refractivity contribution is 9.10. The van der Waals surface area contributed by atoms with Crippen LogP contribution in [0.25, 0.3) is 0 Å². The lowest BCUT2D eigenvalue weighted by atomic mass is 10.1. The molecule has 108 valence electrons. The third kappa shape index (κ3) is 3.20. The Labute approximate surface area is 127 Å². The zero-order valence-electron chi connectivity index (χ0n) is 11.6. The molecule has 2 rings (SSSR count). The first-order valence-electron chi connectivity index (χ1n) is 6.66. The van der Waals surface area contributed by atoms with Crippen LogP contribution in [-0.2, 0) is 20.7 Å². The van der Waals surface area contributed by atoms with E-state index in [-0.39, 0.29) is 17.9 Å². The second-order valence-electron chi connectivity index (χ2n) is 5.06. The Morgan fingerprint density at radius 2 is 2.30 bits per heavy atom. The summed E-state index contributed by atoms with van der Waals surface area (Å²) in [6.45, 7) is 1.97. The fraction of sp³-hybridized carbons (Fsp3) is 0.467. The molecule has 1 saturated heterocycles. The van der Waals surface area contributed by atoms with Crippen molar-refractivity contribution < 1.29 is 14.3 Å². The van der Waals surface area contributed by atoms with Crippen LogP contribution in [0, 0.1) is 0 Å². The van der Waals surface area contributed by atoms with Crippen molar-refractivity contribution in [3.8, 4) is 0 Å². The van der Waals surface area contributed by atoms with Gasteiger partial charge in [-0.1, -0.05) is 28.1 Å². The van der Waals surface area contributed by atoms with Gasteiger partial charge in [0.25, 0.3) is 0 Å². The maximum absolute atomic E-state index is 12.0. The van der Waals surface area contributed by atoms with E-state index >= 15 is 0 Å². The van der Waals surface area contributed by atoms with Gasteiger partial charge >= 0.3 is 5.97 Å². The van der Waals surface area contributed by atoms with Gasteiger partial charge in [-0.25, -0.2) is 4.79 Å². The van der Waals surface area contributed by atoms with Crippen molar-refractivity contribution in [1.82, 2.24) is 4.90 Å². The Morgan fingerprint density at radius 1 is 1.55 bits per heavy atom. The Bertz CT molecular complexity index is 518. The third-order valence-corrected chi connectivity index (χ3v) is 4.12. The molecule has 0 radical (unpaired) electrons. The number of hydrogen-bond donors (Lipinski definition) is 0. The fourth-order valence-corrected chi connectivity index (χ4v) is 3.17. The number of amides is 1. The normalized spacial score (nSPS) is 20.1. The van der Waals surface area contributed by atoms with E-state index in [9.17, 15) is 9.59 Å². The number of methoxy groups -OCH3 is 1. The quantitative estimate of drug-likeness (QED) is 0.792. The number of ether oxygens (including phenoxy) is 1. The molecule has 1 aromatic carbocycles. The van der Waals surface area contributed by atoms with Crippen LogP contribution in [0.2, 0.25) is 0 Å². The van der Waals surface area contributed by atoms with E-state index in [1.165, 1.54) is 7.11 Å². The summed E-state index contributed by atoms with van der Waals surface area (Å²) >= 11 is 3.44. The first kappa shape index (κ1) is 15.0. The maximum atomic E-state index is 12.0. The summed E-state index contributed by atoms with van der Waals surface area (Å²) in [5.74, 6) is -0.292. The van der Waals surface area contributed by atoms with Crippen molar-refractivity contribution in [3.05, 3.63) is 34.3 Å². The van der Waals surface area contributed by atoms with Crippen LogP contribution in [0.5, 0.6) is 0 Å². The molecule has 1 heterocycles. The summed E-state index contributed by atoms with van der Waals surface area (Å²) < 4.78 is 5.81. The molecule has 0 spiro atoms. The molecule has 20 heavy (non-hydrogen) atoms. The Hall–Kier alpha value is -1.36. The van der Waals surface area contributed by atoms with E-state index in [4.69, 9.17) is 4.74 Å². The maximum Gasteiger partial charge on any atom is 0.328 e. The molecule has 1 fully saturated rings. The van der Waals surface area contributed by atoms with Gasteiger partial charge in [0.15, 0.2) is 0 Å². The van der Waals surface area contributed by atoms with Crippen molar-refractivity contribution >= 4 is 27.8 Å². The predicted molar refractivity (Wildman–Crippen MR) is 79.2 cm³/mol. The monoisotopic (exact) mass is 339 g/mol. The molecular weight excluding hydrogens is 322 g/mol. The molecule has 1 aliphatic heterocycles. The van der Waals surface area contributed by atoms with Crippen molar-refractivity contribution in [2.75, 3.05) is 7.11 Å². The average molecular weight is 340 g/mol. The zero-order chi connectivity index (χ0) is 14.7. The van der Waals surface area contributed by atoms with E-state index in [2.05, 4.69) is 15.9 Å². The van der Waals surface area contributed by atoms with Gasteiger partial charge in [0, 0.05) is 16.9 Å². The molecule has 4 nitrogen and oxygen atoms in total. The Kier molecular flexibility index (Phi) is 4.81. The standard InChI is InChI=1S/C15H18BrNO3/c1-10(8-11-4-3-5-12(16)9-11)17-13(15(19)20-2)6-7-14(17)18/h3-5,9-10,13H,6-8H2,1-2H3. The van der Waals surface area contributed by atoms with Crippen LogP contribution < -0.4 is 0 Å². The van der Waals surface area contributed by atoms with Gasteiger partial charge in [0.2, 0.25) is 5.91 Å². The molecule has 0 N–H and O–H groups in total. The number of nitrogens with zero attached hydrogens (tertiary/aromatic N) is 1. The molecular formula is C15H18BrNO3. The highest BCUT2D eigenvalue weighted by Gasteiger charge is 2.39. The zero-order valence-corrected chi connectivity index (χ0v) is 13.2. The van der Waals surface area contributed by atoms with Gasteiger partial charge in [-0.3, -0.25) is 4.79 Å². The number of esters is 1. The molecule has 0 aromatic heterocycles. The van der Waals surface area contributed by atoms with E-state index in [1.54, 1.807) is 4.90 Å². The Balaban J connectivity index is 2.12. The lowest BCUT2D eigenvalue weighted by molar-refractivity contribution is -0.150. The number of hydrogen-bond acceptors (Lipinski definition) is 3. The summed E-state index contributed by atoms with van der Waals surface area (Å²) in [6, 6.07) is 7.53. The average Bonchev–Trinajstić information content (AvgIpc) is 2.80. The van der Waals surface area contributed by atoms with E-state index in [0.29, 0.717) is 12.8 Å². The summed E-state index contributed by atoms with van der Waals surface area (Å²) in [5, 5.41) is 0. The number of carbonyl (C=O) groups excluding carboxylic acids is 2. The summed E-state index contributed by atoms with van der Waals surface area (Å²) in [5.41, 5.74) is 1.13. The van der Waals surface area contributed by atoms with Crippen molar-refractivity contribution in [2.24, 2.45) is 0 Å². The number of likely N-dealkylation sites (tertiary alicyclic amines) is 1. The van der Waals surface area contributed by atoms with Gasteiger partial charge in [0.1, 0.15) is 6.04 Å². The summed E-state index contributed by atoms with van der Waals surface area (Å²) in [7, 11) is 1.36.